The average molecular weight is 372 g/mol. The number of hydrogen-bond acceptors (Lipinski definition) is 5. The fourth-order valence-corrected chi connectivity index (χ4v) is 2.90. The fourth-order valence-electron chi connectivity index (χ4n) is 2.90. The standard InChI is InChI=1S/C19H41N5O2/c1-2-3-4-5-6-7-8-9-10-11-12-13-14-15-16-17-18(25)26-24(22)19(20)23-21/h2-17,21-22H2,1H3,(H2,20,23). The quantitative estimate of drug-likeness (QED) is 0.124. The van der Waals surface area contributed by atoms with E-state index in [1.807, 2.05) is 0 Å². The molecule has 0 aliphatic heterocycles. The Balaban J connectivity index is 3.25. The van der Waals surface area contributed by atoms with E-state index in [1.165, 1.54) is 77.0 Å². The Hall–Kier alpha value is -1.50. The maximum Gasteiger partial charge on any atom is 0.334 e. The first-order valence-corrected chi connectivity index (χ1v) is 10.4. The summed E-state index contributed by atoms with van der Waals surface area (Å²) < 4.78 is 0. The van der Waals surface area contributed by atoms with Gasteiger partial charge in [-0.3, -0.25) is 0 Å². The number of hydrazine groups is 1. The first kappa shape index (κ1) is 24.5. The maximum atomic E-state index is 11.5. The van der Waals surface area contributed by atoms with Crippen LogP contribution in [0.5, 0.6) is 0 Å². The minimum Gasteiger partial charge on any atom is -0.365 e. The second-order valence-corrected chi connectivity index (χ2v) is 6.98. The van der Waals surface area contributed by atoms with Gasteiger partial charge in [-0.25, -0.2) is 10.6 Å². The van der Waals surface area contributed by atoms with Crippen LogP contribution in [0, 0.1) is 0 Å². The lowest BCUT2D eigenvalue weighted by Crippen LogP contribution is -2.44. The summed E-state index contributed by atoms with van der Waals surface area (Å²) >= 11 is 0. The van der Waals surface area contributed by atoms with E-state index in [2.05, 4.69) is 12.0 Å². The first-order valence-electron chi connectivity index (χ1n) is 10.4. The van der Waals surface area contributed by atoms with Gasteiger partial charge in [0.25, 0.3) is 5.96 Å². The number of hydrazone groups is 1. The van der Waals surface area contributed by atoms with Crippen LogP contribution in [0.25, 0.3) is 0 Å². The normalized spacial score (nSPS) is 11.5. The number of rotatable bonds is 16. The number of hydroxylamine groups is 1. The Morgan fingerprint density at radius 1 is 0.808 bits per heavy atom. The largest absolute Gasteiger partial charge is 0.365 e. The topological polar surface area (TPSA) is 120 Å². The minimum atomic E-state index is -0.422. The summed E-state index contributed by atoms with van der Waals surface area (Å²) in [4.78, 5) is 16.3. The molecule has 7 nitrogen and oxygen atoms in total. The Kier molecular flexibility index (Phi) is 17.2. The van der Waals surface area contributed by atoms with Crippen molar-refractivity contribution >= 4 is 11.9 Å². The summed E-state index contributed by atoms with van der Waals surface area (Å²) in [5.74, 6) is 9.61. The molecule has 0 aromatic rings. The molecular weight excluding hydrogens is 330 g/mol. The molecular formula is C19H41N5O2. The second-order valence-electron chi connectivity index (χ2n) is 6.98. The van der Waals surface area contributed by atoms with E-state index in [0.29, 0.717) is 11.6 Å². The summed E-state index contributed by atoms with van der Waals surface area (Å²) in [6, 6.07) is 0. The van der Waals surface area contributed by atoms with Gasteiger partial charge in [0.1, 0.15) is 0 Å². The van der Waals surface area contributed by atoms with E-state index in [4.69, 9.17) is 22.3 Å². The number of nitrogens with two attached hydrogens (primary N) is 3. The van der Waals surface area contributed by atoms with Crippen molar-refractivity contribution in [1.82, 2.24) is 5.17 Å². The van der Waals surface area contributed by atoms with Gasteiger partial charge in [-0.1, -0.05) is 96.8 Å². The molecule has 6 N–H and O–H groups in total. The Morgan fingerprint density at radius 2 is 1.19 bits per heavy atom. The summed E-state index contributed by atoms with van der Waals surface area (Å²) in [5.41, 5.74) is 5.30. The molecule has 0 saturated carbocycles. The third-order valence-corrected chi connectivity index (χ3v) is 4.54. The van der Waals surface area contributed by atoms with Gasteiger partial charge in [-0.05, 0) is 6.42 Å². The summed E-state index contributed by atoms with van der Waals surface area (Å²) in [7, 11) is 0. The van der Waals surface area contributed by atoms with Crippen LogP contribution in [0.15, 0.2) is 5.10 Å². The maximum absolute atomic E-state index is 11.5. The van der Waals surface area contributed by atoms with Gasteiger partial charge in [0, 0.05) is 6.42 Å². The molecule has 0 rings (SSSR count). The third-order valence-electron chi connectivity index (χ3n) is 4.54. The zero-order valence-electron chi connectivity index (χ0n) is 16.8. The smallest absolute Gasteiger partial charge is 0.334 e. The second kappa shape index (κ2) is 18.3. The number of nitrogens with zero attached hydrogens (tertiary/aromatic N) is 2. The Morgan fingerprint density at radius 3 is 1.58 bits per heavy atom. The van der Waals surface area contributed by atoms with E-state index < -0.39 is 5.97 Å². The predicted octanol–water partition coefficient (Wildman–Crippen LogP) is 4.07. The number of hydrogen-bond donors (Lipinski definition) is 3. The van der Waals surface area contributed by atoms with Gasteiger partial charge in [-0.15, -0.1) is 10.3 Å². The number of carbonyl (C=O) groups excluding carboxylic acids is 1. The Bertz CT molecular complexity index is 364. The van der Waals surface area contributed by atoms with Gasteiger partial charge in [0.15, 0.2) is 0 Å². The number of guanidine groups is 1. The van der Waals surface area contributed by atoms with E-state index in [1.54, 1.807) is 0 Å². The predicted molar refractivity (Wildman–Crippen MR) is 107 cm³/mol. The molecule has 0 aliphatic carbocycles. The van der Waals surface area contributed by atoms with Crippen molar-refractivity contribution in [2.75, 3.05) is 0 Å². The lowest BCUT2D eigenvalue weighted by Gasteiger charge is -2.14. The van der Waals surface area contributed by atoms with E-state index in [9.17, 15) is 4.79 Å². The zero-order valence-corrected chi connectivity index (χ0v) is 16.8. The molecule has 0 bridgehead atoms. The van der Waals surface area contributed by atoms with Crippen LogP contribution in [0.4, 0.5) is 0 Å². The highest BCUT2D eigenvalue weighted by atomic mass is 16.7. The highest BCUT2D eigenvalue weighted by Gasteiger charge is 2.10. The molecule has 0 aromatic heterocycles. The molecule has 0 aromatic carbocycles. The summed E-state index contributed by atoms with van der Waals surface area (Å²) in [6.07, 6.45) is 19.7. The molecule has 0 aliphatic rings. The minimum absolute atomic E-state index is 0.241. The third kappa shape index (κ3) is 16.0. The van der Waals surface area contributed by atoms with Crippen LogP contribution in [0.3, 0.4) is 0 Å². The van der Waals surface area contributed by atoms with Gasteiger partial charge >= 0.3 is 5.97 Å². The Labute approximate surface area is 159 Å². The van der Waals surface area contributed by atoms with Crippen LogP contribution in [0.2, 0.25) is 0 Å². The molecule has 0 radical (unpaired) electrons. The number of carbonyl (C=O) groups is 1. The van der Waals surface area contributed by atoms with Crippen LogP contribution >= 0.6 is 0 Å². The van der Waals surface area contributed by atoms with Crippen LogP contribution in [-0.2, 0) is 9.63 Å². The molecule has 0 atom stereocenters. The zero-order chi connectivity index (χ0) is 19.5. The SMILES string of the molecule is CCCCCCCCCCCCCCCCCC(=O)ON(N)/C(N)=N/N. The van der Waals surface area contributed by atoms with Crippen molar-refractivity contribution < 1.29 is 9.63 Å². The van der Waals surface area contributed by atoms with Crippen molar-refractivity contribution in [3.05, 3.63) is 0 Å². The highest BCUT2D eigenvalue weighted by molar-refractivity contribution is 5.78. The fraction of sp³-hybridized carbons (Fsp3) is 0.895. The van der Waals surface area contributed by atoms with Crippen LogP contribution < -0.4 is 17.4 Å². The molecule has 0 saturated heterocycles. The molecule has 0 unspecified atom stereocenters. The first-order chi connectivity index (χ1) is 12.6. The van der Waals surface area contributed by atoms with E-state index in [0.717, 1.165) is 19.3 Å². The lowest BCUT2D eigenvalue weighted by molar-refractivity contribution is -0.174. The molecule has 0 fully saturated rings. The van der Waals surface area contributed by atoms with E-state index >= 15 is 0 Å². The van der Waals surface area contributed by atoms with Gasteiger partial charge in [0.05, 0.1) is 0 Å². The van der Waals surface area contributed by atoms with Gasteiger partial charge < -0.3 is 16.4 Å². The van der Waals surface area contributed by atoms with Crippen LogP contribution in [0.1, 0.15) is 110 Å². The molecule has 0 amide bonds. The number of unbranched alkanes of at least 4 members (excludes halogenated alkanes) is 14. The molecule has 0 heterocycles. The van der Waals surface area contributed by atoms with Crippen molar-refractivity contribution in [3.8, 4) is 0 Å². The molecule has 154 valence electrons. The van der Waals surface area contributed by atoms with Gasteiger partial charge in [-0.2, -0.15) is 0 Å². The lowest BCUT2D eigenvalue weighted by atomic mass is 10.0. The van der Waals surface area contributed by atoms with Crippen molar-refractivity contribution in [2.24, 2.45) is 22.5 Å². The summed E-state index contributed by atoms with van der Waals surface area (Å²) in [6.45, 7) is 2.26. The summed E-state index contributed by atoms with van der Waals surface area (Å²) in [5, 5.41) is 3.73. The monoisotopic (exact) mass is 371 g/mol. The molecule has 26 heavy (non-hydrogen) atoms. The van der Waals surface area contributed by atoms with Crippen molar-refractivity contribution in [2.45, 2.75) is 110 Å². The highest BCUT2D eigenvalue weighted by Crippen LogP contribution is 2.13. The van der Waals surface area contributed by atoms with Crippen molar-refractivity contribution in [1.29, 1.82) is 0 Å². The molecule has 0 spiro atoms. The molecule has 7 heteroatoms. The van der Waals surface area contributed by atoms with Crippen LogP contribution in [-0.4, -0.2) is 17.1 Å². The van der Waals surface area contributed by atoms with Gasteiger partial charge in [0.2, 0.25) is 0 Å². The van der Waals surface area contributed by atoms with Crippen molar-refractivity contribution in [3.63, 3.8) is 0 Å². The average Bonchev–Trinajstić information content (AvgIpc) is 2.64. The van der Waals surface area contributed by atoms with E-state index in [-0.39, 0.29) is 5.96 Å².